The summed E-state index contributed by atoms with van der Waals surface area (Å²) in [6.07, 6.45) is 3.93. The number of nitrogens with zero attached hydrogens (tertiary/aromatic N) is 5. The third-order valence-electron chi connectivity index (χ3n) is 4.31. The molecule has 1 saturated heterocycles. The summed E-state index contributed by atoms with van der Waals surface area (Å²) in [6.45, 7) is 5.67. The van der Waals surface area contributed by atoms with Gasteiger partial charge in [0.1, 0.15) is 5.37 Å². The molecule has 8 nitrogen and oxygen atoms in total. The third kappa shape index (κ3) is 3.92. The van der Waals surface area contributed by atoms with Crippen LogP contribution in [0.4, 0.5) is 0 Å². The van der Waals surface area contributed by atoms with Gasteiger partial charge in [0.15, 0.2) is 16.7 Å². The maximum atomic E-state index is 11.7. The van der Waals surface area contributed by atoms with Crippen molar-refractivity contribution in [1.29, 1.82) is 0 Å². The smallest absolute Gasteiger partial charge is 0.234 e. The highest BCUT2D eigenvalue weighted by Gasteiger charge is 2.26. The van der Waals surface area contributed by atoms with Crippen LogP contribution >= 0.6 is 0 Å². The molecule has 0 aromatic carbocycles. The third-order valence-corrected chi connectivity index (χ3v) is 5.31. The lowest BCUT2D eigenvalue weighted by Crippen LogP contribution is -2.50. The zero-order valence-corrected chi connectivity index (χ0v) is 14.8. The van der Waals surface area contributed by atoms with Gasteiger partial charge in [0.25, 0.3) is 0 Å². The van der Waals surface area contributed by atoms with Gasteiger partial charge >= 0.3 is 0 Å². The molecule has 2 atom stereocenters. The first-order valence-electron chi connectivity index (χ1n) is 8.00. The van der Waals surface area contributed by atoms with Crippen LogP contribution in [0, 0.1) is 6.92 Å². The van der Waals surface area contributed by atoms with E-state index in [0.717, 1.165) is 37.4 Å². The Bertz CT molecular complexity index is 714. The number of likely N-dealkylation sites (N-methyl/N-ethyl adjacent to an activating group) is 1. The minimum atomic E-state index is -1.90. The minimum absolute atomic E-state index is 0.345. The molecule has 3 heterocycles. The summed E-state index contributed by atoms with van der Waals surface area (Å²) < 4.78 is 28.8. The average molecular weight is 353 g/mol. The van der Waals surface area contributed by atoms with E-state index in [1.165, 1.54) is 0 Å². The highest BCUT2D eigenvalue weighted by atomic mass is 32.2. The molecule has 1 aliphatic rings. The second-order valence-electron chi connectivity index (χ2n) is 6.07. The Kier molecular flexibility index (Phi) is 5.44. The zero-order valence-electron chi connectivity index (χ0n) is 14.0. The summed E-state index contributed by atoms with van der Waals surface area (Å²) >= 11 is -1.90. The van der Waals surface area contributed by atoms with Gasteiger partial charge in [-0.1, -0.05) is 0 Å². The molecule has 2 unspecified atom stereocenters. The van der Waals surface area contributed by atoms with E-state index in [1.807, 2.05) is 13.0 Å². The van der Waals surface area contributed by atoms with Gasteiger partial charge in [-0.05, 0) is 20.0 Å². The number of piperazine rings is 1. The van der Waals surface area contributed by atoms with Crippen molar-refractivity contribution in [2.75, 3.05) is 39.8 Å². The van der Waals surface area contributed by atoms with Gasteiger partial charge in [0.05, 0.1) is 6.61 Å². The van der Waals surface area contributed by atoms with Crippen molar-refractivity contribution >= 4 is 16.7 Å². The average Bonchev–Trinajstić information content (AvgIpc) is 2.99. The quantitative estimate of drug-likeness (QED) is 0.762. The normalized spacial score (nSPS) is 19.5. The van der Waals surface area contributed by atoms with Crippen LogP contribution in [-0.4, -0.2) is 78.4 Å². The SMILES string of the molecule is Cc1cc2nccn2nc1OCCC(N1CCN(C)CC1)S(=O)O. The second kappa shape index (κ2) is 7.56. The molecular weight excluding hydrogens is 330 g/mol. The van der Waals surface area contributed by atoms with Gasteiger partial charge in [-0.15, -0.1) is 5.10 Å². The fraction of sp³-hybridized carbons (Fsp3) is 0.600. The molecule has 2 aromatic rings. The molecule has 3 rings (SSSR count). The van der Waals surface area contributed by atoms with Crippen molar-refractivity contribution in [3.63, 3.8) is 0 Å². The van der Waals surface area contributed by atoms with Crippen LogP contribution in [0.5, 0.6) is 5.88 Å². The van der Waals surface area contributed by atoms with Crippen molar-refractivity contribution in [2.24, 2.45) is 0 Å². The monoisotopic (exact) mass is 353 g/mol. The summed E-state index contributed by atoms with van der Waals surface area (Å²) in [5.74, 6) is 0.529. The minimum Gasteiger partial charge on any atom is -0.476 e. The Morgan fingerprint density at radius 2 is 2.12 bits per heavy atom. The Labute approximate surface area is 143 Å². The van der Waals surface area contributed by atoms with E-state index < -0.39 is 16.5 Å². The standard InChI is InChI=1S/C15H23N5O3S/c1-12-11-13-16-4-5-20(13)17-15(12)23-10-3-14(24(21)22)19-8-6-18(2)7-9-19/h4-5,11,14H,3,6-10H2,1-2H3,(H,21,22). The highest BCUT2D eigenvalue weighted by molar-refractivity contribution is 7.79. The summed E-state index contributed by atoms with van der Waals surface area (Å²) in [6, 6.07) is 1.91. The molecule has 1 N–H and O–H groups in total. The van der Waals surface area contributed by atoms with Crippen molar-refractivity contribution in [3.05, 3.63) is 24.0 Å². The largest absolute Gasteiger partial charge is 0.476 e. The Balaban J connectivity index is 1.60. The van der Waals surface area contributed by atoms with E-state index in [1.54, 1.807) is 16.9 Å². The van der Waals surface area contributed by atoms with Crippen molar-refractivity contribution in [2.45, 2.75) is 18.7 Å². The molecule has 0 radical (unpaired) electrons. The van der Waals surface area contributed by atoms with E-state index in [4.69, 9.17) is 4.74 Å². The molecule has 1 fully saturated rings. The van der Waals surface area contributed by atoms with Crippen LogP contribution in [0.25, 0.3) is 5.65 Å². The number of aryl methyl sites for hydroxylation is 1. The van der Waals surface area contributed by atoms with Gasteiger partial charge in [-0.2, -0.15) is 0 Å². The van der Waals surface area contributed by atoms with E-state index in [2.05, 4.69) is 26.9 Å². The van der Waals surface area contributed by atoms with Gasteiger partial charge in [-0.25, -0.2) is 13.7 Å². The molecule has 0 bridgehead atoms. The maximum Gasteiger partial charge on any atom is 0.234 e. The maximum absolute atomic E-state index is 11.7. The van der Waals surface area contributed by atoms with Crippen LogP contribution in [-0.2, 0) is 11.1 Å². The fourth-order valence-corrected chi connectivity index (χ4v) is 3.61. The molecule has 1 aliphatic heterocycles. The van der Waals surface area contributed by atoms with Gasteiger partial charge in [0, 0.05) is 50.6 Å². The van der Waals surface area contributed by atoms with Crippen molar-refractivity contribution < 1.29 is 13.5 Å². The Morgan fingerprint density at radius 3 is 2.83 bits per heavy atom. The van der Waals surface area contributed by atoms with Crippen LogP contribution in [0.15, 0.2) is 18.5 Å². The Morgan fingerprint density at radius 1 is 1.38 bits per heavy atom. The van der Waals surface area contributed by atoms with Crippen LogP contribution in [0.1, 0.15) is 12.0 Å². The first-order valence-corrected chi connectivity index (χ1v) is 9.17. The lowest BCUT2D eigenvalue weighted by Gasteiger charge is -2.36. The first kappa shape index (κ1) is 17.3. The topological polar surface area (TPSA) is 83.2 Å². The fourth-order valence-electron chi connectivity index (χ4n) is 2.85. The number of ether oxygens (including phenoxy) is 1. The summed E-state index contributed by atoms with van der Waals surface area (Å²) in [5.41, 5.74) is 1.67. The molecule has 0 amide bonds. The molecular formula is C15H23N5O3S. The van der Waals surface area contributed by atoms with Crippen LogP contribution in [0.2, 0.25) is 0 Å². The van der Waals surface area contributed by atoms with Gasteiger partial charge in [-0.3, -0.25) is 4.90 Å². The molecule has 132 valence electrons. The summed E-state index contributed by atoms with van der Waals surface area (Å²) in [4.78, 5) is 8.47. The predicted octanol–water partition coefficient (Wildman–Crippen LogP) is 0.602. The van der Waals surface area contributed by atoms with Crippen molar-refractivity contribution in [1.82, 2.24) is 24.4 Å². The molecule has 9 heteroatoms. The summed E-state index contributed by atoms with van der Waals surface area (Å²) in [7, 11) is 2.06. The number of hydrogen-bond donors (Lipinski definition) is 1. The van der Waals surface area contributed by atoms with Gasteiger partial charge in [0.2, 0.25) is 5.88 Å². The van der Waals surface area contributed by atoms with E-state index in [-0.39, 0.29) is 0 Å². The zero-order chi connectivity index (χ0) is 17.1. The molecule has 0 saturated carbocycles. The molecule has 0 aliphatic carbocycles. The lowest BCUT2D eigenvalue weighted by atomic mass is 10.3. The number of hydrogen-bond acceptors (Lipinski definition) is 6. The number of imidazole rings is 1. The van der Waals surface area contributed by atoms with Crippen LogP contribution < -0.4 is 4.74 Å². The number of rotatable bonds is 6. The van der Waals surface area contributed by atoms with E-state index in [0.29, 0.717) is 18.9 Å². The van der Waals surface area contributed by atoms with E-state index >= 15 is 0 Å². The number of aromatic nitrogens is 3. The summed E-state index contributed by atoms with van der Waals surface area (Å²) in [5, 5.41) is 3.97. The number of fused-ring (bicyclic) bond motifs is 1. The van der Waals surface area contributed by atoms with Crippen molar-refractivity contribution in [3.8, 4) is 5.88 Å². The van der Waals surface area contributed by atoms with Crippen LogP contribution in [0.3, 0.4) is 0 Å². The molecule has 2 aromatic heterocycles. The molecule has 0 spiro atoms. The van der Waals surface area contributed by atoms with Gasteiger partial charge < -0.3 is 14.2 Å². The lowest BCUT2D eigenvalue weighted by molar-refractivity contribution is 0.127. The van der Waals surface area contributed by atoms with E-state index in [9.17, 15) is 8.76 Å². The predicted molar refractivity (Wildman–Crippen MR) is 91.5 cm³/mol. The first-order chi connectivity index (χ1) is 11.5. The molecule has 24 heavy (non-hydrogen) atoms. The Hall–Kier alpha value is -1.55. The highest BCUT2D eigenvalue weighted by Crippen LogP contribution is 2.17. The second-order valence-corrected chi connectivity index (χ2v) is 7.17.